The average molecular weight is 293 g/mol. The van der Waals surface area contributed by atoms with Crippen LogP contribution in [0.3, 0.4) is 0 Å². The molecule has 2 atom stereocenters. The van der Waals surface area contributed by atoms with Gasteiger partial charge in [0.05, 0.1) is 12.1 Å². The molecule has 21 heavy (non-hydrogen) atoms. The molecule has 0 aliphatic carbocycles. The van der Waals surface area contributed by atoms with Gasteiger partial charge < -0.3 is 14.9 Å². The van der Waals surface area contributed by atoms with Crippen molar-refractivity contribution in [2.75, 3.05) is 18.6 Å². The van der Waals surface area contributed by atoms with Gasteiger partial charge in [-0.15, -0.1) is 0 Å². The van der Waals surface area contributed by atoms with Crippen LogP contribution in [0, 0.1) is 6.92 Å². The predicted molar refractivity (Wildman–Crippen MR) is 79.5 cm³/mol. The molecule has 114 valence electrons. The molecule has 1 fully saturated rings. The number of carbonyl (C=O) groups excluding carboxylic acids is 1. The van der Waals surface area contributed by atoms with E-state index in [1.165, 1.54) is 27.7 Å². The number of rotatable bonds is 3. The van der Waals surface area contributed by atoms with E-state index >= 15 is 0 Å². The highest BCUT2D eigenvalue weighted by atomic mass is 16.3. The Morgan fingerprint density at radius 3 is 2.81 bits per heavy atom. The summed E-state index contributed by atoms with van der Waals surface area (Å²) < 4.78 is 1.24. The van der Waals surface area contributed by atoms with Crippen molar-refractivity contribution in [1.82, 2.24) is 9.49 Å². The molecular formula is C13H20BN3O4. The van der Waals surface area contributed by atoms with Crippen LogP contribution >= 0.6 is 0 Å². The number of aliphatic hydroxyl groups excluding tert-OH is 1. The maximum Gasteiger partial charge on any atom is 0.377 e. The fourth-order valence-electron chi connectivity index (χ4n) is 2.64. The van der Waals surface area contributed by atoms with Gasteiger partial charge in [-0.2, -0.15) is 0 Å². The molecule has 8 heteroatoms. The molecule has 2 N–H and O–H groups in total. The van der Waals surface area contributed by atoms with Gasteiger partial charge in [0.15, 0.2) is 0 Å². The number of hydrogen-bond acceptors (Lipinski definition) is 5. The second kappa shape index (κ2) is 6.01. The van der Waals surface area contributed by atoms with Crippen molar-refractivity contribution in [2.24, 2.45) is 0 Å². The van der Waals surface area contributed by atoms with Crippen LogP contribution in [0.1, 0.15) is 12.0 Å². The molecule has 1 aromatic heterocycles. The SMILES string of the molecule is CB(O)N1C[C@H](O)CC1C(=O)N(C)n1cccc(C)c1=O. The Balaban J connectivity index is 2.27. The largest absolute Gasteiger partial charge is 0.437 e. The van der Waals surface area contributed by atoms with Crippen molar-refractivity contribution in [1.29, 1.82) is 0 Å². The lowest BCUT2D eigenvalue weighted by atomic mass is 9.84. The van der Waals surface area contributed by atoms with Crippen LogP contribution < -0.4 is 10.6 Å². The number of pyridine rings is 1. The first kappa shape index (κ1) is 15.7. The number of amides is 1. The minimum Gasteiger partial charge on any atom is -0.437 e. The molecule has 0 bridgehead atoms. The molecule has 1 aliphatic rings. The second-order valence-electron chi connectivity index (χ2n) is 5.44. The highest BCUT2D eigenvalue weighted by Gasteiger charge is 2.41. The number of likely N-dealkylation sites (N-methyl/N-ethyl adjacent to an activating group) is 1. The first-order valence-corrected chi connectivity index (χ1v) is 6.91. The lowest BCUT2D eigenvalue weighted by Crippen LogP contribution is -2.54. The van der Waals surface area contributed by atoms with Crippen molar-refractivity contribution >= 4 is 13.0 Å². The number of aliphatic hydroxyl groups is 1. The van der Waals surface area contributed by atoms with Crippen LogP contribution in [0.5, 0.6) is 0 Å². The summed E-state index contributed by atoms with van der Waals surface area (Å²) in [6, 6.07) is 2.73. The topological polar surface area (TPSA) is 86.0 Å². The lowest BCUT2D eigenvalue weighted by molar-refractivity contribution is -0.123. The van der Waals surface area contributed by atoms with E-state index in [4.69, 9.17) is 0 Å². The summed E-state index contributed by atoms with van der Waals surface area (Å²) in [6.07, 6.45) is 1.11. The standard InChI is InChI=1S/C13H20BN3O4/c1-9-5-4-6-17(12(9)19)15(3)13(20)11-7-10(18)8-16(11)14(2)21/h4-6,10-11,18,21H,7-8H2,1-3H3/t10-,11?/m1/s1. The first-order chi connectivity index (χ1) is 9.82. The van der Waals surface area contributed by atoms with Gasteiger partial charge in [-0.25, -0.2) is 9.69 Å². The van der Waals surface area contributed by atoms with E-state index in [1.54, 1.807) is 25.9 Å². The van der Waals surface area contributed by atoms with E-state index in [0.717, 1.165) is 0 Å². The predicted octanol–water partition coefficient (Wildman–Crippen LogP) is -1.20. The van der Waals surface area contributed by atoms with Crippen LogP contribution in [0.4, 0.5) is 0 Å². The molecule has 1 aromatic rings. The Bertz CT molecular complexity index is 589. The van der Waals surface area contributed by atoms with Gasteiger partial charge in [0.25, 0.3) is 11.5 Å². The fourth-order valence-corrected chi connectivity index (χ4v) is 2.64. The van der Waals surface area contributed by atoms with Crippen molar-refractivity contribution in [3.63, 3.8) is 0 Å². The first-order valence-electron chi connectivity index (χ1n) is 6.91. The van der Waals surface area contributed by atoms with Crippen LogP contribution in [0.25, 0.3) is 0 Å². The van der Waals surface area contributed by atoms with Crippen LogP contribution in [-0.4, -0.2) is 58.3 Å². The molecule has 7 nitrogen and oxygen atoms in total. The summed E-state index contributed by atoms with van der Waals surface area (Å²) in [5, 5.41) is 20.7. The molecule has 1 saturated heterocycles. The maximum absolute atomic E-state index is 12.6. The summed E-state index contributed by atoms with van der Waals surface area (Å²) in [5.74, 6) is -0.333. The highest BCUT2D eigenvalue weighted by molar-refractivity contribution is 6.46. The molecule has 1 amide bonds. The van der Waals surface area contributed by atoms with Gasteiger partial charge in [-0.05, 0) is 26.2 Å². The zero-order valence-electron chi connectivity index (χ0n) is 12.4. The van der Waals surface area contributed by atoms with Crippen LogP contribution in [0.15, 0.2) is 23.1 Å². The Morgan fingerprint density at radius 1 is 1.52 bits per heavy atom. The van der Waals surface area contributed by atoms with Gasteiger partial charge in [-0.3, -0.25) is 9.59 Å². The average Bonchev–Trinajstić information content (AvgIpc) is 2.82. The molecule has 0 radical (unpaired) electrons. The molecule has 2 heterocycles. The van der Waals surface area contributed by atoms with E-state index in [1.807, 2.05) is 0 Å². The number of aryl methyl sites for hydroxylation is 1. The smallest absolute Gasteiger partial charge is 0.377 e. The van der Waals surface area contributed by atoms with E-state index in [0.29, 0.717) is 5.56 Å². The normalized spacial score (nSPS) is 22.3. The van der Waals surface area contributed by atoms with Crippen molar-refractivity contribution in [3.05, 3.63) is 34.2 Å². The summed E-state index contributed by atoms with van der Waals surface area (Å²) in [4.78, 5) is 26.2. The Kier molecular flexibility index (Phi) is 4.50. The Hall–Kier alpha value is -1.64. The highest BCUT2D eigenvalue weighted by Crippen LogP contribution is 2.20. The number of nitrogens with zero attached hydrogens (tertiary/aromatic N) is 3. The second-order valence-corrected chi connectivity index (χ2v) is 5.44. The fraction of sp³-hybridized carbons (Fsp3) is 0.538. The zero-order chi connectivity index (χ0) is 15.7. The Labute approximate surface area is 123 Å². The lowest BCUT2D eigenvalue weighted by Gasteiger charge is -2.28. The number of β-amino-alcohol motifs (C(OH)–C–C–N with tert-alkyl or cyclic N) is 1. The van der Waals surface area contributed by atoms with E-state index in [2.05, 4.69) is 0 Å². The minimum atomic E-state index is -0.835. The molecule has 1 aliphatic heterocycles. The van der Waals surface area contributed by atoms with Crippen molar-refractivity contribution in [3.8, 4) is 0 Å². The van der Waals surface area contributed by atoms with Crippen LogP contribution in [0.2, 0.25) is 6.82 Å². The van der Waals surface area contributed by atoms with E-state index in [9.17, 15) is 19.7 Å². The third-order valence-corrected chi connectivity index (χ3v) is 3.84. The summed E-state index contributed by atoms with van der Waals surface area (Å²) in [5.41, 5.74) is 0.270. The summed E-state index contributed by atoms with van der Waals surface area (Å²) in [6.45, 7) is 3.47. The third kappa shape index (κ3) is 3.02. The third-order valence-electron chi connectivity index (χ3n) is 3.84. The molecule has 0 aromatic carbocycles. The van der Waals surface area contributed by atoms with Crippen molar-refractivity contribution < 1.29 is 14.9 Å². The maximum atomic E-state index is 12.6. The van der Waals surface area contributed by atoms with Gasteiger partial charge in [-0.1, -0.05) is 6.07 Å². The van der Waals surface area contributed by atoms with Gasteiger partial charge in [0.2, 0.25) is 0 Å². The molecule has 0 saturated carbocycles. The van der Waals surface area contributed by atoms with Crippen LogP contribution in [-0.2, 0) is 4.79 Å². The molecule has 0 spiro atoms. The molecule has 1 unspecified atom stereocenters. The van der Waals surface area contributed by atoms with E-state index in [-0.39, 0.29) is 24.4 Å². The quantitative estimate of drug-likeness (QED) is 0.684. The number of hydrogen-bond donors (Lipinski definition) is 2. The minimum absolute atomic E-state index is 0.241. The molecule has 2 rings (SSSR count). The van der Waals surface area contributed by atoms with E-state index < -0.39 is 19.2 Å². The van der Waals surface area contributed by atoms with Gasteiger partial charge in [0, 0.05) is 25.4 Å². The summed E-state index contributed by atoms with van der Waals surface area (Å²) >= 11 is 0. The number of carbonyl (C=O) groups is 1. The Morgan fingerprint density at radius 2 is 2.19 bits per heavy atom. The summed E-state index contributed by atoms with van der Waals surface area (Å²) in [7, 11) is 0.674. The van der Waals surface area contributed by atoms with Gasteiger partial charge in [0.1, 0.15) is 0 Å². The molecular weight excluding hydrogens is 273 g/mol. The van der Waals surface area contributed by atoms with Gasteiger partial charge >= 0.3 is 7.05 Å². The number of aromatic nitrogens is 1. The zero-order valence-corrected chi connectivity index (χ0v) is 12.4. The van der Waals surface area contributed by atoms with Crippen molar-refractivity contribution in [2.45, 2.75) is 32.3 Å². The monoisotopic (exact) mass is 293 g/mol.